The molecule has 1 atom stereocenters. The van der Waals surface area contributed by atoms with Crippen LogP contribution in [0, 0.1) is 6.92 Å². The summed E-state index contributed by atoms with van der Waals surface area (Å²) in [4.78, 5) is 0. The van der Waals surface area contributed by atoms with Crippen molar-refractivity contribution < 1.29 is 13.2 Å². The fourth-order valence-corrected chi connectivity index (χ4v) is 1.40. The molecule has 4 heteroatoms. The zero-order valence-electron chi connectivity index (χ0n) is 9.43. The predicted molar refractivity (Wildman–Crippen MR) is 58.3 cm³/mol. The SMILES string of the molecule is Cc1ccc([C@H](C)NCCC(F)(F)F)cc1. The summed E-state index contributed by atoms with van der Waals surface area (Å²) in [6, 6.07) is 7.72. The van der Waals surface area contributed by atoms with E-state index in [4.69, 9.17) is 0 Å². The Labute approximate surface area is 93.7 Å². The Morgan fingerprint density at radius 3 is 2.25 bits per heavy atom. The maximum absolute atomic E-state index is 11.9. The van der Waals surface area contributed by atoms with Crippen LogP contribution in [0.25, 0.3) is 0 Å². The molecule has 0 aliphatic carbocycles. The summed E-state index contributed by atoms with van der Waals surface area (Å²) in [7, 11) is 0. The van der Waals surface area contributed by atoms with Gasteiger partial charge in [0.15, 0.2) is 0 Å². The van der Waals surface area contributed by atoms with E-state index in [9.17, 15) is 13.2 Å². The van der Waals surface area contributed by atoms with Gasteiger partial charge in [-0.15, -0.1) is 0 Å². The van der Waals surface area contributed by atoms with Crippen molar-refractivity contribution >= 4 is 0 Å². The van der Waals surface area contributed by atoms with Gasteiger partial charge in [0.1, 0.15) is 0 Å². The van der Waals surface area contributed by atoms with Crippen LogP contribution in [0.2, 0.25) is 0 Å². The summed E-state index contributed by atoms with van der Waals surface area (Å²) < 4.78 is 35.8. The van der Waals surface area contributed by atoms with Gasteiger partial charge in [0.2, 0.25) is 0 Å². The van der Waals surface area contributed by atoms with Crippen LogP contribution < -0.4 is 5.32 Å². The maximum atomic E-state index is 11.9. The Morgan fingerprint density at radius 1 is 1.19 bits per heavy atom. The number of hydrogen-bond donors (Lipinski definition) is 1. The standard InChI is InChI=1S/C12H16F3N/c1-9-3-5-11(6-4-9)10(2)16-8-7-12(13,14)15/h3-6,10,16H,7-8H2,1-2H3/t10-/m0/s1. The summed E-state index contributed by atoms with van der Waals surface area (Å²) in [5.41, 5.74) is 2.15. The molecule has 0 unspecified atom stereocenters. The highest BCUT2D eigenvalue weighted by molar-refractivity contribution is 5.23. The Hall–Kier alpha value is -1.03. The fourth-order valence-electron chi connectivity index (χ4n) is 1.40. The largest absolute Gasteiger partial charge is 0.390 e. The molecule has 1 aromatic carbocycles. The highest BCUT2D eigenvalue weighted by atomic mass is 19.4. The smallest absolute Gasteiger partial charge is 0.310 e. The van der Waals surface area contributed by atoms with Gasteiger partial charge in [0.05, 0.1) is 6.42 Å². The first-order chi connectivity index (χ1) is 7.38. The molecule has 0 saturated carbocycles. The number of alkyl halides is 3. The highest BCUT2D eigenvalue weighted by Gasteiger charge is 2.26. The first kappa shape index (κ1) is 13.0. The van der Waals surface area contributed by atoms with Gasteiger partial charge in [0.25, 0.3) is 0 Å². The van der Waals surface area contributed by atoms with Gasteiger partial charge < -0.3 is 5.32 Å². The second-order valence-corrected chi connectivity index (χ2v) is 3.95. The first-order valence-electron chi connectivity index (χ1n) is 5.25. The van der Waals surface area contributed by atoms with Gasteiger partial charge >= 0.3 is 6.18 Å². The second kappa shape index (κ2) is 5.34. The predicted octanol–water partition coefficient (Wildman–Crippen LogP) is 3.60. The molecule has 0 bridgehead atoms. The third-order valence-corrected chi connectivity index (χ3v) is 2.44. The monoisotopic (exact) mass is 231 g/mol. The Bertz CT molecular complexity index is 316. The van der Waals surface area contributed by atoms with Crippen molar-refractivity contribution in [2.24, 2.45) is 0 Å². The lowest BCUT2D eigenvalue weighted by atomic mass is 10.1. The van der Waals surface area contributed by atoms with E-state index in [1.807, 2.05) is 38.1 Å². The van der Waals surface area contributed by atoms with Gasteiger partial charge in [-0.3, -0.25) is 0 Å². The molecule has 1 aromatic rings. The zero-order chi connectivity index (χ0) is 12.2. The van der Waals surface area contributed by atoms with Crippen molar-refractivity contribution in [1.29, 1.82) is 0 Å². The molecular formula is C12H16F3N. The van der Waals surface area contributed by atoms with E-state index >= 15 is 0 Å². The minimum absolute atomic E-state index is 0.0431. The van der Waals surface area contributed by atoms with Gasteiger partial charge in [0, 0.05) is 12.6 Å². The van der Waals surface area contributed by atoms with E-state index in [0.717, 1.165) is 11.1 Å². The van der Waals surface area contributed by atoms with E-state index in [-0.39, 0.29) is 12.6 Å². The second-order valence-electron chi connectivity index (χ2n) is 3.95. The van der Waals surface area contributed by atoms with Crippen molar-refractivity contribution in [3.63, 3.8) is 0 Å². The van der Waals surface area contributed by atoms with E-state index in [1.165, 1.54) is 0 Å². The van der Waals surface area contributed by atoms with Crippen LogP contribution >= 0.6 is 0 Å². The Balaban J connectivity index is 2.41. The molecule has 1 N–H and O–H groups in total. The lowest BCUT2D eigenvalue weighted by Crippen LogP contribution is -2.24. The molecule has 16 heavy (non-hydrogen) atoms. The third-order valence-electron chi connectivity index (χ3n) is 2.44. The molecule has 0 aliphatic rings. The van der Waals surface area contributed by atoms with Crippen LogP contribution in [0.4, 0.5) is 13.2 Å². The number of halogens is 3. The van der Waals surface area contributed by atoms with Crippen LogP contribution in [0.15, 0.2) is 24.3 Å². The lowest BCUT2D eigenvalue weighted by Gasteiger charge is -2.15. The average Bonchev–Trinajstić information content (AvgIpc) is 2.16. The minimum Gasteiger partial charge on any atom is -0.310 e. The van der Waals surface area contributed by atoms with Gasteiger partial charge in [-0.05, 0) is 19.4 Å². The third kappa shape index (κ3) is 4.66. The topological polar surface area (TPSA) is 12.0 Å². The normalized spacial score (nSPS) is 13.8. The minimum atomic E-state index is -4.08. The van der Waals surface area contributed by atoms with Crippen LogP contribution in [-0.2, 0) is 0 Å². The van der Waals surface area contributed by atoms with Gasteiger partial charge in [-0.25, -0.2) is 0 Å². The van der Waals surface area contributed by atoms with Crippen molar-refractivity contribution in [3.8, 4) is 0 Å². The summed E-state index contributed by atoms with van der Waals surface area (Å²) >= 11 is 0. The van der Waals surface area contributed by atoms with E-state index in [0.29, 0.717) is 0 Å². The summed E-state index contributed by atoms with van der Waals surface area (Å²) in [6.45, 7) is 3.80. The molecule has 0 fully saturated rings. The Kier molecular flexibility index (Phi) is 4.35. The van der Waals surface area contributed by atoms with Crippen LogP contribution in [0.1, 0.15) is 30.5 Å². The van der Waals surface area contributed by atoms with Crippen molar-refractivity contribution in [2.45, 2.75) is 32.5 Å². The quantitative estimate of drug-likeness (QED) is 0.834. The molecular weight excluding hydrogens is 215 g/mol. The van der Waals surface area contributed by atoms with Crippen molar-refractivity contribution in [1.82, 2.24) is 5.32 Å². The number of rotatable bonds is 4. The summed E-state index contributed by atoms with van der Waals surface area (Å²) in [5.74, 6) is 0. The van der Waals surface area contributed by atoms with E-state index in [1.54, 1.807) is 0 Å². The fraction of sp³-hybridized carbons (Fsp3) is 0.500. The molecule has 0 aromatic heterocycles. The molecule has 0 amide bonds. The highest BCUT2D eigenvalue weighted by Crippen LogP contribution is 2.19. The van der Waals surface area contributed by atoms with Crippen LogP contribution in [0.5, 0.6) is 0 Å². The molecule has 0 heterocycles. The van der Waals surface area contributed by atoms with Crippen molar-refractivity contribution in [2.75, 3.05) is 6.54 Å². The van der Waals surface area contributed by atoms with E-state index < -0.39 is 12.6 Å². The van der Waals surface area contributed by atoms with Gasteiger partial charge in [-0.2, -0.15) is 13.2 Å². The number of aryl methyl sites for hydroxylation is 1. The Morgan fingerprint density at radius 2 is 1.75 bits per heavy atom. The zero-order valence-corrected chi connectivity index (χ0v) is 9.43. The molecule has 0 radical (unpaired) electrons. The van der Waals surface area contributed by atoms with Crippen molar-refractivity contribution in [3.05, 3.63) is 35.4 Å². The average molecular weight is 231 g/mol. The lowest BCUT2D eigenvalue weighted by molar-refractivity contribution is -0.133. The summed E-state index contributed by atoms with van der Waals surface area (Å²) in [6.07, 6.45) is -4.87. The summed E-state index contributed by atoms with van der Waals surface area (Å²) in [5, 5.41) is 2.85. The molecule has 0 aliphatic heterocycles. The number of benzene rings is 1. The van der Waals surface area contributed by atoms with Crippen LogP contribution in [0.3, 0.4) is 0 Å². The molecule has 0 saturated heterocycles. The van der Waals surface area contributed by atoms with Crippen LogP contribution in [-0.4, -0.2) is 12.7 Å². The van der Waals surface area contributed by atoms with E-state index in [2.05, 4.69) is 5.32 Å². The molecule has 1 rings (SSSR count). The number of hydrogen-bond acceptors (Lipinski definition) is 1. The number of nitrogens with one attached hydrogen (secondary N) is 1. The maximum Gasteiger partial charge on any atom is 0.390 e. The molecule has 1 nitrogen and oxygen atoms in total. The molecule has 0 spiro atoms. The van der Waals surface area contributed by atoms with Gasteiger partial charge in [-0.1, -0.05) is 29.8 Å². The first-order valence-corrected chi connectivity index (χ1v) is 5.25. The molecule has 90 valence electrons.